The van der Waals surface area contributed by atoms with Crippen LogP contribution in [0, 0.1) is 0 Å². The number of likely N-dealkylation sites (tertiary alicyclic amines) is 1. The molecule has 1 heterocycles. The summed E-state index contributed by atoms with van der Waals surface area (Å²) in [7, 11) is 0. The second kappa shape index (κ2) is 10.5. The van der Waals surface area contributed by atoms with Crippen LogP contribution in [0.25, 0.3) is 0 Å². The van der Waals surface area contributed by atoms with E-state index in [0.29, 0.717) is 18.5 Å². The van der Waals surface area contributed by atoms with Crippen LogP contribution in [0.2, 0.25) is 0 Å². The summed E-state index contributed by atoms with van der Waals surface area (Å²) in [5.41, 5.74) is 0. The van der Waals surface area contributed by atoms with Gasteiger partial charge in [0.15, 0.2) is 5.96 Å². The lowest BCUT2D eigenvalue weighted by molar-refractivity contribution is -0.132. The number of aliphatic imine (C=N–C) groups is 1. The first-order chi connectivity index (χ1) is 9.91. The maximum Gasteiger partial charge on any atom is 0.390 e. The standard InChI is InChI=1S/C14H27F3N4.HI/c1-4-18-13(19-9-8-14(15,16)17)21-10-7-12(11-21)20(5-2)6-3;/h12H,4-11H2,1-3H3,(H,18,19);1H. The molecule has 0 aromatic carbocycles. The molecule has 0 spiro atoms. The third kappa shape index (κ3) is 7.34. The Hall–Kier alpha value is -0.250. The van der Waals surface area contributed by atoms with Crippen molar-refractivity contribution >= 4 is 29.9 Å². The SMILES string of the molecule is CCNC(=NCCC(F)(F)F)N1CCC(N(CC)CC)C1.I. The highest BCUT2D eigenvalue weighted by molar-refractivity contribution is 14.0. The Morgan fingerprint density at radius 3 is 2.41 bits per heavy atom. The number of guanidine groups is 1. The molecule has 1 saturated heterocycles. The van der Waals surface area contributed by atoms with Crippen LogP contribution < -0.4 is 5.32 Å². The molecular weight excluding hydrogens is 408 g/mol. The van der Waals surface area contributed by atoms with Gasteiger partial charge in [0.25, 0.3) is 0 Å². The minimum atomic E-state index is -4.14. The Labute approximate surface area is 148 Å². The second-order valence-electron chi connectivity index (χ2n) is 5.21. The van der Waals surface area contributed by atoms with Gasteiger partial charge in [0.05, 0.1) is 13.0 Å². The van der Waals surface area contributed by atoms with E-state index in [4.69, 9.17) is 0 Å². The monoisotopic (exact) mass is 436 g/mol. The van der Waals surface area contributed by atoms with Gasteiger partial charge in [0.1, 0.15) is 0 Å². The molecule has 0 aliphatic carbocycles. The molecule has 1 unspecified atom stereocenters. The maximum atomic E-state index is 12.2. The lowest BCUT2D eigenvalue weighted by atomic mass is 10.2. The topological polar surface area (TPSA) is 30.9 Å². The summed E-state index contributed by atoms with van der Waals surface area (Å²) in [4.78, 5) is 8.58. The highest BCUT2D eigenvalue weighted by Gasteiger charge is 2.29. The van der Waals surface area contributed by atoms with Gasteiger partial charge in [-0.25, -0.2) is 0 Å². The summed E-state index contributed by atoms with van der Waals surface area (Å²) in [6.07, 6.45) is -3.98. The van der Waals surface area contributed by atoms with Crippen molar-refractivity contribution in [2.45, 2.75) is 45.8 Å². The molecule has 0 bridgehead atoms. The zero-order valence-corrected chi connectivity index (χ0v) is 15.9. The third-order valence-corrected chi connectivity index (χ3v) is 3.78. The van der Waals surface area contributed by atoms with Crippen molar-refractivity contribution in [1.29, 1.82) is 0 Å². The Morgan fingerprint density at radius 2 is 1.91 bits per heavy atom. The summed E-state index contributed by atoms with van der Waals surface area (Å²) >= 11 is 0. The predicted molar refractivity (Wildman–Crippen MR) is 95.0 cm³/mol. The molecule has 1 N–H and O–H groups in total. The molecule has 22 heavy (non-hydrogen) atoms. The molecule has 132 valence electrons. The molecule has 0 radical (unpaired) electrons. The second-order valence-corrected chi connectivity index (χ2v) is 5.21. The number of hydrogen-bond acceptors (Lipinski definition) is 2. The van der Waals surface area contributed by atoms with Gasteiger partial charge in [-0.2, -0.15) is 13.2 Å². The van der Waals surface area contributed by atoms with Crippen molar-refractivity contribution in [1.82, 2.24) is 15.1 Å². The van der Waals surface area contributed by atoms with Crippen LogP contribution in [0.15, 0.2) is 4.99 Å². The zero-order chi connectivity index (χ0) is 15.9. The third-order valence-electron chi connectivity index (χ3n) is 3.78. The average molecular weight is 436 g/mol. The van der Waals surface area contributed by atoms with Gasteiger partial charge in [0, 0.05) is 25.7 Å². The van der Waals surface area contributed by atoms with E-state index >= 15 is 0 Å². The van der Waals surface area contributed by atoms with E-state index in [9.17, 15) is 13.2 Å². The van der Waals surface area contributed by atoms with E-state index in [2.05, 4.69) is 34.0 Å². The van der Waals surface area contributed by atoms with Crippen molar-refractivity contribution in [3.8, 4) is 0 Å². The van der Waals surface area contributed by atoms with E-state index in [1.807, 2.05) is 6.92 Å². The van der Waals surface area contributed by atoms with E-state index in [1.54, 1.807) is 0 Å². The number of nitrogens with zero attached hydrogens (tertiary/aromatic N) is 3. The van der Waals surface area contributed by atoms with Crippen LogP contribution in [-0.2, 0) is 0 Å². The van der Waals surface area contributed by atoms with Crippen LogP contribution in [-0.4, -0.2) is 67.2 Å². The molecule has 1 atom stereocenters. The van der Waals surface area contributed by atoms with E-state index in [1.165, 1.54) is 0 Å². The normalized spacial score (nSPS) is 19.5. The van der Waals surface area contributed by atoms with Gasteiger partial charge in [-0.3, -0.25) is 9.89 Å². The van der Waals surface area contributed by atoms with Gasteiger partial charge in [0.2, 0.25) is 0 Å². The number of alkyl halides is 3. The molecular formula is C14H28F3IN4. The van der Waals surface area contributed by atoms with Gasteiger partial charge in [-0.1, -0.05) is 13.8 Å². The van der Waals surface area contributed by atoms with Gasteiger partial charge in [-0.15, -0.1) is 24.0 Å². The molecule has 1 aliphatic heterocycles. The Kier molecular flexibility index (Phi) is 10.4. The van der Waals surface area contributed by atoms with Crippen LogP contribution in [0.5, 0.6) is 0 Å². The Balaban J connectivity index is 0.00000441. The molecule has 0 amide bonds. The first-order valence-corrected chi connectivity index (χ1v) is 7.75. The highest BCUT2D eigenvalue weighted by atomic mass is 127. The minimum Gasteiger partial charge on any atom is -0.357 e. The van der Waals surface area contributed by atoms with Crippen molar-refractivity contribution in [3.05, 3.63) is 0 Å². The van der Waals surface area contributed by atoms with Gasteiger partial charge < -0.3 is 10.2 Å². The summed E-state index contributed by atoms with van der Waals surface area (Å²) in [6, 6.07) is 0.464. The smallest absolute Gasteiger partial charge is 0.357 e. The molecule has 4 nitrogen and oxygen atoms in total. The number of nitrogens with one attached hydrogen (secondary N) is 1. The summed E-state index contributed by atoms with van der Waals surface area (Å²) in [6.45, 7) is 10.3. The number of hydrogen-bond donors (Lipinski definition) is 1. The Bertz CT molecular complexity index is 333. The molecule has 0 aromatic rings. The maximum absolute atomic E-state index is 12.2. The number of halogens is 4. The number of rotatable bonds is 6. The fourth-order valence-electron chi connectivity index (χ4n) is 2.69. The highest BCUT2D eigenvalue weighted by Crippen LogP contribution is 2.19. The summed E-state index contributed by atoms with van der Waals surface area (Å²) in [5.74, 6) is 0.608. The fraction of sp³-hybridized carbons (Fsp3) is 0.929. The first kappa shape index (κ1) is 21.8. The van der Waals surface area contributed by atoms with E-state index in [0.717, 1.165) is 32.6 Å². The zero-order valence-electron chi connectivity index (χ0n) is 13.6. The molecule has 8 heteroatoms. The van der Waals surface area contributed by atoms with Crippen molar-refractivity contribution in [2.75, 3.05) is 39.3 Å². The molecule has 1 fully saturated rings. The van der Waals surface area contributed by atoms with Crippen molar-refractivity contribution in [3.63, 3.8) is 0 Å². The van der Waals surface area contributed by atoms with Crippen LogP contribution in [0.3, 0.4) is 0 Å². The van der Waals surface area contributed by atoms with Crippen molar-refractivity contribution < 1.29 is 13.2 Å². The average Bonchev–Trinajstić information content (AvgIpc) is 2.87. The molecule has 0 aromatic heterocycles. The Morgan fingerprint density at radius 1 is 1.27 bits per heavy atom. The quantitative estimate of drug-likeness (QED) is 0.395. The van der Waals surface area contributed by atoms with Gasteiger partial charge >= 0.3 is 6.18 Å². The largest absolute Gasteiger partial charge is 0.390 e. The molecule has 0 saturated carbocycles. The molecule has 1 rings (SSSR count). The summed E-state index contributed by atoms with van der Waals surface area (Å²) < 4.78 is 36.7. The first-order valence-electron chi connectivity index (χ1n) is 7.75. The van der Waals surface area contributed by atoms with Crippen LogP contribution in [0.4, 0.5) is 13.2 Å². The summed E-state index contributed by atoms with van der Waals surface area (Å²) in [5, 5.41) is 3.10. The molecule has 1 aliphatic rings. The van der Waals surface area contributed by atoms with Crippen molar-refractivity contribution in [2.24, 2.45) is 4.99 Å². The van der Waals surface area contributed by atoms with E-state index < -0.39 is 12.6 Å². The van der Waals surface area contributed by atoms with Gasteiger partial charge in [-0.05, 0) is 26.4 Å². The number of likely N-dealkylation sites (N-methyl/N-ethyl adjacent to an activating group) is 1. The minimum absolute atomic E-state index is 0. The van der Waals surface area contributed by atoms with Crippen LogP contribution in [0.1, 0.15) is 33.6 Å². The van der Waals surface area contributed by atoms with Crippen LogP contribution >= 0.6 is 24.0 Å². The fourth-order valence-corrected chi connectivity index (χ4v) is 2.69. The lowest BCUT2D eigenvalue weighted by Gasteiger charge is -2.27. The lowest BCUT2D eigenvalue weighted by Crippen LogP contribution is -2.43. The van der Waals surface area contributed by atoms with E-state index in [-0.39, 0.29) is 30.5 Å². The predicted octanol–water partition coefficient (Wildman–Crippen LogP) is 2.94.